The molecule has 0 fully saturated rings. The van der Waals surface area contributed by atoms with Crippen LogP contribution in [0.2, 0.25) is 0 Å². The second-order valence-corrected chi connectivity index (χ2v) is 5.21. The summed E-state index contributed by atoms with van der Waals surface area (Å²) < 4.78 is 2.03. The Morgan fingerprint density at radius 2 is 2.22 bits per heavy atom. The number of thioether (sulfide) groups is 1. The zero-order chi connectivity index (χ0) is 13.0. The number of nitrogens with zero attached hydrogens (tertiary/aromatic N) is 2. The molecule has 0 saturated heterocycles. The number of hydrogen-bond acceptors (Lipinski definition) is 4. The van der Waals surface area contributed by atoms with Gasteiger partial charge < -0.3 is 15.4 Å². The van der Waals surface area contributed by atoms with Crippen molar-refractivity contribution in [1.82, 2.24) is 9.55 Å². The number of rotatable bonds is 6. The van der Waals surface area contributed by atoms with Crippen molar-refractivity contribution in [2.45, 2.75) is 19.0 Å². The van der Waals surface area contributed by atoms with Crippen LogP contribution >= 0.6 is 11.8 Å². The lowest BCUT2D eigenvalue weighted by Crippen LogP contribution is -2.18. The van der Waals surface area contributed by atoms with Gasteiger partial charge in [-0.1, -0.05) is 12.1 Å². The molecular formula is C13H19N3OS. The molecule has 1 heterocycles. The van der Waals surface area contributed by atoms with Gasteiger partial charge in [0.05, 0.1) is 23.7 Å². The fourth-order valence-electron chi connectivity index (χ4n) is 2.09. The summed E-state index contributed by atoms with van der Waals surface area (Å²) in [5.41, 5.74) is 8.19. The van der Waals surface area contributed by atoms with Gasteiger partial charge in [-0.15, -0.1) is 0 Å². The van der Waals surface area contributed by atoms with Gasteiger partial charge in [-0.2, -0.15) is 11.8 Å². The van der Waals surface area contributed by atoms with Crippen LogP contribution in [0, 0.1) is 0 Å². The van der Waals surface area contributed by atoms with E-state index in [9.17, 15) is 5.11 Å². The lowest BCUT2D eigenvalue weighted by molar-refractivity contribution is 0.275. The topological polar surface area (TPSA) is 64.1 Å². The normalized spacial score (nSPS) is 13.1. The van der Waals surface area contributed by atoms with Gasteiger partial charge in [0.2, 0.25) is 0 Å². The molecule has 0 bridgehead atoms. The molecule has 2 aromatic rings. The molecule has 1 atom stereocenters. The zero-order valence-corrected chi connectivity index (χ0v) is 11.4. The first-order chi connectivity index (χ1) is 8.77. The molecule has 0 amide bonds. The van der Waals surface area contributed by atoms with Gasteiger partial charge in [0.15, 0.2) is 0 Å². The number of imidazole rings is 1. The molecular weight excluding hydrogens is 246 g/mol. The molecule has 0 aliphatic rings. The summed E-state index contributed by atoms with van der Waals surface area (Å²) in [7, 11) is 0. The van der Waals surface area contributed by atoms with Gasteiger partial charge in [0.1, 0.15) is 5.82 Å². The van der Waals surface area contributed by atoms with E-state index in [4.69, 9.17) is 5.73 Å². The van der Waals surface area contributed by atoms with Crippen molar-refractivity contribution in [1.29, 1.82) is 0 Å². The predicted molar refractivity (Wildman–Crippen MR) is 76.7 cm³/mol. The van der Waals surface area contributed by atoms with Crippen LogP contribution in [-0.2, 0) is 6.54 Å². The quantitative estimate of drug-likeness (QED) is 0.835. The Balaban J connectivity index is 2.38. The largest absolute Gasteiger partial charge is 0.395 e. The molecule has 0 aliphatic heterocycles. The molecule has 0 radical (unpaired) electrons. The Kier molecular flexibility index (Phi) is 4.63. The summed E-state index contributed by atoms with van der Waals surface area (Å²) >= 11 is 1.78. The third-order valence-corrected chi connectivity index (χ3v) is 3.62. The van der Waals surface area contributed by atoms with Crippen LogP contribution in [0.4, 0.5) is 0 Å². The molecule has 0 aliphatic carbocycles. The minimum atomic E-state index is -0.0728. The van der Waals surface area contributed by atoms with Crippen molar-refractivity contribution < 1.29 is 5.11 Å². The van der Waals surface area contributed by atoms with Crippen LogP contribution in [0.3, 0.4) is 0 Å². The molecule has 2 rings (SSSR count). The Hall–Kier alpha value is -1.04. The molecule has 18 heavy (non-hydrogen) atoms. The van der Waals surface area contributed by atoms with Crippen LogP contribution in [-0.4, -0.2) is 33.3 Å². The van der Waals surface area contributed by atoms with E-state index in [0.29, 0.717) is 6.54 Å². The first-order valence-electron chi connectivity index (χ1n) is 6.08. The van der Waals surface area contributed by atoms with E-state index >= 15 is 0 Å². The molecule has 98 valence electrons. The minimum absolute atomic E-state index is 0.0728. The van der Waals surface area contributed by atoms with Gasteiger partial charge >= 0.3 is 0 Å². The maximum absolute atomic E-state index is 9.19. The van der Waals surface area contributed by atoms with Gasteiger partial charge in [-0.05, 0) is 30.6 Å². The number of para-hydroxylation sites is 2. The highest BCUT2D eigenvalue weighted by molar-refractivity contribution is 7.98. The monoisotopic (exact) mass is 265 g/mol. The molecule has 1 aromatic heterocycles. The number of aliphatic hydroxyl groups excluding tert-OH is 1. The molecule has 0 spiro atoms. The number of benzene rings is 1. The maximum Gasteiger partial charge on any atom is 0.126 e. The van der Waals surface area contributed by atoms with Crippen molar-refractivity contribution in [3.05, 3.63) is 30.1 Å². The highest BCUT2D eigenvalue weighted by atomic mass is 32.2. The van der Waals surface area contributed by atoms with Crippen molar-refractivity contribution in [3.8, 4) is 0 Å². The highest BCUT2D eigenvalue weighted by Gasteiger charge is 2.16. The van der Waals surface area contributed by atoms with Crippen molar-refractivity contribution in [2.75, 3.05) is 18.6 Å². The number of fused-ring (bicyclic) bond motifs is 1. The Morgan fingerprint density at radius 3 is 2.94 bits per heavy atom. The Bertz CT molecular complexity index is 512. The SMILES string of the molecule is CSCCC(N)c1nc2ccccc2n1CCO. The van der Waals surface area contributed by atoms with E-state index in [1.165, 1.54) is 0 Å². The maximum atomic E-state index is 9.19. The van der Waals surface area contributed by atoms with Crippen molar-refractivity contribution in [2.24, 2.45) is 5.73 Å². The predicted octanol–water partition coefficient (Wildman–Crippen LogP) is 1.78. The average Bonchev–Trinajstić information content (AvgIpc) is 2.76. The molecule has 4 nitrogen and oxygen atoms in total. The molecule has 5 heteroatoms. The fraction of sp³-hybridized carbons (Fsp3) is 0.462. The standard InChI is InChI=1S/C13H19N3OS/c1-18-9-6-10(14)13-15-11-4-2-3-5-12(11)16(13)7-8-17/h2-5,10,17H,6-9,14H2,1H3. The average molecular weight is 265 g/mol. The minimum Gasteiger partial charge on any atom is -0.395 e. The number of nitrogens with two attached hydrogens (primary N) is 1. The molecule has 3 N–H and O–H groups in total. The molecule has 0 saturated carbocycles. The lowest BCUT2D eigenvalue weighted by atomic mass is 10.2. The van der Waals surface area contributed by atoms with E-state index in [-0.39, 0.29) is 12.6 Å². The number of hydrogen-bond donors (Lipinski definition) is 2. The first-order valence-corrected chi connectivity index (χ1v) is 7.48. The summed E-state index contributed by atoms with van der Waals surface area (Å²) in [4.78, 5) is 4.60. The van der Waals surface area contributed by atoms with Crippen LogP contribution < -0.4 is 5.73 Å². The summed E-state index contributed by atoms with van der Waals surface area (Å²) in [5, 5.41) is 9.19. The van der Waals surface area contributed by atoms with Gasteiger partial charge in [-0.25, -0.2) is 4.98 Å². The van der Waals surface area contributed by atoms with Crippen LogP contribution in [0.5, 0.6) is 0 Å². The molecule has 1 unspecified atom stereocenters. The van der Waals surface area contributed by atoms with E-state index in [0.717, 1.165) is 29.0 Å². The highest BCUT2D eigenvalue weighted by Crippen LogP contribution is 2.22. The Labute approximate surface area is 111 Å². The molecule has 1 aromatic carbocycles. The Morgan fingerprint density at radius 1 is 1.44 bits per heavy atom. The summed E-state index contributed by atoms with van der Waals surface area (Å²) in [6.07, 6.45) is 2.97. The van der Waals surface area contributed by atoms with Gasteiger partial charge in [-0.3, -0.25) is 0 Å². The number of aliphatic hydroxyl groups is 1. The lowest BCUT2D eigenvalue weighted by Gasteiger charge is -2.13. The van der Waals surface area contributed by atoms with Crippen LogP contribution in [0.25, 0.3) is 11.0 Å². The third-order valence-electron chi connectivity index (χ3n) is 2.97. The number of aromatic nitrogens is 2. The fourth-order valence-corrected chi connectivity index (χ4v) is 2.58. The van der Waals surface area contributed by atoms with Crippen LogP contribution in [0.1, 0.15) is 18.3 Å². The van der Waals surface area contributed by atoms with Gasteiger partial charge in [0, 0.05) is 6.54 Å². The summed E-state index contributed by atoms with van der Waals surface area (Å²) in [6, 6.07) is 7.87. The van der Waals surface area contributed by atoms with Crippen molar-refractivity contribution >= 4 is 22.8 Å². The second kappa shape index (κ2) is 6.22. The van der Waals surface area contributed by atoms with E-state index < -0.39 is 0 Å². The van der Waals surface area contributed by atoms with E-state index in [1.807, 2.05) is 28.8 Å². The van der Waals surface area contributed by atoms with Crippen molar-refractivity contribution in [3.63, 3.8) is 0 Å². The zero-order valence-electron chi connectivity index (χ0n) is 10.5. The third kappa shape index (κ3) is 2.68. The van der Waals surface area contributed by atoms with E-state index in [1.54, 1.807) is 11.8 Å². The summed E-state index contributed by atoms with van der Waals surface area (Å²) in [6.45, 7) is 0.644. The van der Waals surface area contributed by atoms with E-state index in [2.05, 4.69) is 11.2 Å². The smallest absolute Gasteiger partial charge is 0.126 e. The van der Waals surface area contributed by atoms with Crippen LogP contribution in [0.15, 0.2) is 24.3 Å². The first kappa shape index (κ1) is 13.4. The second-order valence-electron chi connectivity index (χ2n) is 4.22. The van der Waals surface area contributed by atoms with Gasteiger partial charge in [0.25, 0.3) is 0 Å². The summed E-state index contributed by atoms with van der Waals surface area (Å²) in [5.74, 6) is 1.89.